The van der Waals surface area contributed by atoms with Gasteiger partial charge < -0.3 is 18.3 Å². The summed E-state index contributed by atoms with van der Waals surface area (Å²) in [5, 5.41) is 0. The van der Waals surface area contributed by atoms with Gasteiger partial charge in [-0.05, 0) is 40.2 Å². The van der Waals surface area contributed by atoms with Crippen LogP contribution in [0.5, 0.6) is 0 Å². The van der Waals surface area contributed by atoms with Crippen molar-refractivity contribution in [2.24, 2.45) is 0 Å². The molecule has 110 valence electrons. The Morgan fingerprint density at radius 2 is 1.44 bits per heavy atom. The normalized spacial score (nSPS) is 22.0. The van der Waals surface area contributed by atoms with Crippen molar-refractivity contribution in [3.8, 4) is 0 Å². The lowest BCUT2D eigenvalue weighted by atomic mass is 10.2. The van der Waals surface area contributed by atoms with Crippen molar-refractivity contribution in [3.05, 3.63) is 0 Å². The Labute approximate surface area is 114 Å². The van der Waals surface area contributed by atoms with Crippen LogP contribution < -0.4 is 0 Å². The molecule has 1 heterocycles. The molecule has 0 bridgehead atoms. The van der Waals surface area contributed by atoms with E-state index in [1.807, 2.05) is 27.7 Å². The van der Waals surface area contributed by atoms with Gasteiger partial charge in [-0.2, -0.15) is 0 Å². The molecule has 0 amide bonds. The Hall–Kier alpha value is 0.0569. The van der Waals surface area contributed by atoms with Crippen LogP contribution in [0.1, 0.15) is 48.4 Å². The van der Waals surface area contributed by atoms with Crippen LogP contribution in [0, 0.1) is 0 Å². The van der Waals surface area contributed by atoms with Crippen molar-refractivity contribution in [3.63, 3.8) is 0 Å². The highest BCUT2D eigenvalue weighted by atomic mass is 28.4. The lowest BCUT2D eigenvalue weighted by molar-refractivity contribution is -0.211. The van der Waals surface area contributed by atoms with E-state index in [9.17, 15) is 0 Å². The first kappa shape index (κ1) is 16.1. The van der Waals surface area contributed by atoms with Crippen molar-refractivity contribution >= 4 is 8.56 Å². The van der Waals surface area contributed by atoms with Crippen molar-refractivity contribution in [1.29, 1.82) is 0 Å². The molecule has 0 spiro atoms. The first-order valence-electron chi connectivity index (χ1n) is 7.26. The molecule has 4 nitrogen and oxygen atoms in total. The molecule has 0 aromatic rings. The predicted octanol–water partition coefficient (Wildman–Crippen LogP) is 3.24. The summed E-state index contributed by atoms with van der Waals surface area (Å²) < 4.78 is 24.2. The molecule has 1 aliphatic rings. The minimum absolute atomic E-state index is 0. The molecule has 5 heteroatoms. The molecule has 1 fully saturated rings. The number of hydrogen-bond acceptors (Lipinski definition) is 4. The van der Waals surface area contributed by atoms with E-state index in [1.165, 1.54) is 0 Å². The van der Waals surface area contributed by atoms with Crippen LogP contribution in [0.15, 0.2) is 0 Å². The molecule has 0 radical (unpaired) electrons. The van der Waals surface area contributed by atoms with Crippen molar-refractivity contribution < 1.29 is 19.8 Å². The van der Waals surface area contributed by atoms with Gasteiger partial charge in [-0.25, -0.2) is 0 Å². The highest BCUT2D eigenvalue weighted by Crippen LogP contribution is 2.41. The smallest absolute Gasteiger partial charge is 0.392 e. The summed E-state index contributed by atoms with van der Waals surface area (Å²) in [7, 11) is -2.45. The molecule has 18 heavy (non-hydrogen) atoms. The van der Waals surface area contributed by atoms with Crippen LogP contribution in [-0.4, -0.2) is 40.4 Å². The summed E-state index contributed by atoms with van der Waals surface area (Å²) in [5.74, 6) is 0. The van der Waals surface area contributed by atoms with E-state index in [0.29, 0.717) is 26.4 Å². The van der Waals surface area contributed by atoms with E-state index in [4.69, 9.17) is 18.3 Å². The van der Waals surface area contributed by atoms with Gasteiger partial charge in [-0.1, -0.05) is 6.42 Å². The average molecular weight is 278 g/mol. The first-order valence-corrected chi connectivity index (χ1v) is 9.28. The van der Waals surface area contributed by atoms with Crippen LogP contribution in [0.2, 0.25) is 6.04 Å². The summed E-state index contributed by atoms with van der Waals surface area (Å²) in [6, 6.07) is 0.967. The number of ether oxygens (including phenoxy) is 2. The van der Waals surface area contributed by atoms with Gasteiger partial charge in [0.05, 0.1) is 0 Å². The van der Waals surface area contributed by atoms with E-state index < -0.39 is 14.0 Å². The molecule has 0 aromatic heterocycles. The fraction of sp³-hybridized carbons (Fsp3) is 1.00. The highest BCUT2D eigenvalue weighted by molar-refractivity contribution is 6.70. The molecular weight excluding hydrogens is 248 g/mol. The van der Waals surface area contributed by atoms with Crippen molar-refractivity contribution in [1.82, 2.24) is 0 Å². The third-order valence-electron chi connectivity index (χ3n) is 3.35. The summed E-state index contributed by atoms with van der Waals surface area (Å²) in [5.41, 5.74) is -0.610. The summed E-state index contributed by atoms with van der Waals surface area (Å²) in [4.78, 5) is 0. The molecule has 0 aromatic carbocycles. The predicted molar refractivity (Wildman–Crippen MR) is 75.8 cm³/mol. The average Bonchev–Trinajstić information content (AvgIpc) is 2.34. The fourth-order valence-electron chi connectivity index (χ4n) is 2.84. The standard InChI is InChI=1S/C13H28O4Si.H2/c1-5-14-13(15-6-2)11-9-10-12-18(13,16-7-3)17-8-4;/h5-12H2,1-4H3;1H. The molecule has 0 saturated carbocycles. The maximum absolute atomic E-state index is 6.10. The summed E-state index contributed by atoms with van der Waals surface area (Å²) >= 11 is 0. The fourth-order valence-corrected chi connectivity index (χ4v) is 6.97. The Bertz CT molecular complexity index is 194. The summed E-state index contributed by atoms with van der Waals surface area (Å²) in [6.07, 6.45) is 3.16. The first-order chi connectivity index (χ1) is 8.70. The second kappa shape index (κ2) is 7.60. The molecule has 1 saturated heterocycles. The second-order valence-electron chi connectivity index (χ2n) is 4.44. The van der Waals surface area contributed by atoms with Gasteiger partial charge >= 0.3 is 8.56 Å². The maximum atomic E-state index is 6.10. The number of hydrogen-bond donors (Lipinski definition) is 0. The van der Waals surface area contributed by atoms with Crippen molar-refractivity contribution in [2.45, 2.75) is 58.4 Å². The lowest BCUT2D eigenvalue weighted by Crippen LogP contribution is -2.67. The Morgan fingerprint density at radius 3 is 1.89 bits per heavy atom. The Balaban J connectivity index is 0.00000324. The molecule has 1 rings (SSSR count). The quantitative estimate of drug-likeness (QED) is 0.504. The van der Waals surface area contributed by atoms with E-state index in [-0.39, 0.29) is 1.43 Å². The van der Waals surface area contributed by atoms with E-state index >= 15 is 0 Å². The monoisotopic (exact) mass is 278 g/mol. The van der Waals surface area contributed by atoms with Crippen LogP contribution >= 0.6 is 0 Å². The van der Waals surface area contributed by atoms with Gasteiger partial charge in [0.25, 0.3) is 0 Å². The van der Waals surface area contributed by atoms with Gasteiger partial charge in [-0.3, -0.25) is 0 Å². The van der Waals surface area contributed by atoms with E-state index in [1.54, 1.807) is 0 Å². The van der Waals surface area contributed by atoms with Gasteiger partial charge in [0.15, 0.2) is 0 Å². The summed E-state index contributed by atoms with van der Waals surface area (Å²) in [6.45, 7) is 10.6. The topological polar surface area (TPSA) is 36.9 Å². The minimum atomic E-state index is -2.45. The third-order valence-corrected chi connectivity index (χ3v) is 7.57. The van der Waals surface area contributed by atoms with Gasteiger partial charge in [0.2, 0.25) is 5.41 Å². The van der Waals surface area contributed by atoms with Crippen LogP contribution in [-0.2, 0) is 18.3 Å². The molecule has 0 unspecified atom stereocenters. The zero-order valence-electron chi connectivity index (χ0n) is 12.3. The van der Waals surface area contributed by atoms with Crippen LogP contribution in [0.3, 0.4) is 0 Å². The Morgan fingerprint density at radius 1 is 0.889 bits per heavy atom. The molecule has 0 aliphatic carbocycles. The van der Waals surface area contributed by atoms with Crippen molar-refractivity contribution in [2.75, 3.05) is 26.4 Å². The van der Waals surface area contributed by atoms with Crippen LogP contribution in [0.4, 0.5) is 0 Å². The SMILES string of the molecule is CCOC1(OCC)CCCC[Si]1(OCC)OCC.[HH]. The molecule has 1 aliphatic heterocycles. The minimum Gasteiger partial charge on any atom is -0.392 e. The lowest BCUT2D eigenvalue weighted by Gasteiger charge is -2.48. The molecule has 0 N–H and O–H groups in total. The van der Waals surface area contributed by atoms with Crippen LogP contribution in [0.25, 0.3) is 0 Å². The van der Waals surface area contributed by atoms with E-state index in [2.05, 4.69) is 0 Å². The molecular formula is C13H30O4Si. The maximum Gasteiger partial charge on any atom is 0.399 e. The van der Waals surface area contributed by atoms with Gasteiger partial charge in [0.1, 0.15) is 0 Å². The Kier molecular flexibility index (Phi) is 6.80. The van der Waals surface area contributed by atoms with Gasteiger partial charge in [0, 0.05) is 34.3 Å². The third kappa shape index (κ3) is 3.14. The largest absolute Gasteiger partial charge is 0.399 e. The number of rotatable bonds is 8. The zero-order chi connectivity index (χ0) is 13.5. The highest BCUT2D eigenvalue weighted by Gasteiger charge is 2.61. The molecule has 0 atom stereocenters. The zero-order valence-corrected chi connectivity index (χ0v) is 13.3. The second-order valence-corrected chi connectivity index (χ2v) is 7.79. The van der Waals surface area contributed by atoms with E-state index in [0.717, 1.165) is 25.3 Å². The van der Waals surface area contributed by atoms with Gasteiger partial charge in [-0.15, -0.1) is 0 Å².